The third kappa shape index (κ3) is 5.15. The normalized spacial score (nSPS) is 10.5. The van der Waals surface area contributed by atoms with Gasteiger partial charge in [-0.05, 0) is 40.1 Å². The predicted octanol–water partition coefficient (Wildman–Crippen LogP) is 0.855. The molecule has 0 fully saturated rings. The zero-order valence-electron chi connectivity index (χ0n) is 13.2. The Morgan fingerprint density at radius 1 is 1.14 bits per heavy atom. The Labute approximate surface area is 126 Å². The molecule has 0 aromatic carbocycles. The molecule has 0 radical (unpaired) electrons. The first kappa shape index (κ1) is 17.1. The second-order valence-electron chi connectivity index (χ2n) is 4.94. The Bertz CT molecular complexity index is 484. The van der Waals surface area contributed by atoms with Gasteiger partial charge >= 0.3 is 0 Å². The SMILES string of the molecule is CCN(CC)C(=O)c1cccc(C(=O)NCCN(C)C)n1. The van der Waals surface area contributed by atoms with Crippen LogP contribution in [0.4, 0.5) is 0 Å². The van der Waals surface area contributed by atoms with Crippen LogP contribution in [0.1, 0.15) is 34.8 Å². The van der Waals surface area contributed by atoms with Gasteiger partial charge in [0.25, 0.3) is 11.8 Å². The molecule has 0 atom stereocenters. The molecule has 1 N–H and O–H groups in total. The number of likely N-dealkylation sites (N-methyl/N-ethyl adjacent to an activating group) is 1. The van der Waals surface area contributed by atoms with Crippen molar-refractivity contribution in [3.05, 3.63) is 29.6 Å². The van der Waals surface area contributed by atoms with Crippen molar-refractivity contribution in [3.63, 3.8) is 0 Å². The van der Waals surface area contributed by atoms with Gasteiger partial charge in [0.15, 0.2) is 0 Å². The summed E-state index contributed by atoms with van der Waals surface area (Å²) in [4.78, 5) is 32.0. The van der Waals surface area contributed by atoms with E-state index in [1.165, 1.54) is 0 Å². The first-order valence-corrected chi connectivity index (χ1v) is 7.18. The van der Waals surface area contributed by atoms with Gasteiger partial charge in [-0.25, -0.2) is 4.98 Å². The standard InChI is InChI=1S/C15H24N4O2/c1-5-19(6-2)15(21)13-9-7-8-12(17-13)14(20)16-10-11-18(3)4/h7-9H,5-6,10-11H2,1-4H3,(H,16,20). The van der Waals surface area contributed by atoms with Crippen molar-refractivity contribution < 1.29 is 9.59 Å². The first-order valence-electron chi connectivity index (χ1n) is 7.18. The molecule has 6 nitrogen and oxygen atoms in total. The minimum atomic E-state index is -0.258. The zero-order valence-corrected chi connectivity index (χ0v) is 13.2. The van der Waals surface area contributed by atoms with Gasteiger partial charge in [0.05, 0.1) is 0 Å². The third-order valence-electron chi connectivity index (χ3n) is 3.10. The van der Waals surface area contributed by atoms with Gasteiger partial charge in [-0.3, -0.25) is 9.59 Å². The van der Waals surface area contributed by atoms with E-state index in [2.05, 4.69) is 10.3 Å². The molecular formula is C15H24N4O2. The highest BCUT2D eigenvalue weighted by Gasteiger charge is 2.16. The summed E-state index contributed by atoms with van der Waals surface area (Å²) in [6, 6.07) is 4.94. The summed E-state index contributed by atoms with van der Waals surface area (Å²) in [6.07, 6.45) is 0. The summed E-state index contributed by atoms with van der Waals surface area (Å²) >= 11 is 0. The van der Waals surface area contributed by atoms with Gasteiger partial charge in [-0.15, -0.1) is 0 Å². The van der Waals surface area contributed by atoms with Crippen molar-refractivity contribution in [2.45, 2.75) is 13.8 Å². The summed E-state index contributed by atoms with van der Waals surface area (Å²) in [5.74, 6) is -0.408. The lowest BCUT2D eigenvalue weighted by molar-refractivity contribution is 0.0767. The van der Waals surface area contributed by atoms with E-state index in [0.29, 0.717) is 25.3 Å². The van der Waals surface area contributed by atoms with Crippen LogP contribution in [0.2, 0.25) is 0 Å². The van der Waals surface area contributed by atoms with E-state index in [1.807, 2.05) is 32.8 Å². The Morgan fingerprint density at radius 3 is 2.33 bits per heavy atom. The molecule has 6 heteroatoms. The van der Waals surface area contributed by atoms with E-state index in [9.17, 15) is 9.59 Å². The fourth-order valence-corrected chi connectivity index (χ4v) is 1.84. The molecule has 0 saturated carbocycles. The molecule has 0 bridgehead atoms. The van der Waals surface area contributed by atoms with Crippen LogP contribution in [0.25, 0.3) is 0 Å². The largest absolute Gasteiger partial charge is 0.349 e. The van der Waals surface area contributed by atoms with Gasteiger partial charge in [0.1, 0.15) is 11.4 Å². The second kappa shape index (κ2) is 8.36. The Kier molecular flexibility index (Phi) is 6.81. The molecule has 0 unspecified atom stereocenters. The highest BCUT2D eigenvalue weighted by Crippen LogP contribution is 2.04. The van der Waals surface area contributed by atoms with Crippen LogP contribution in [0.15, 0.2) is 18.2 Å². The number of pyridine rings is 1. The van der Waals surface area contributed by atoms with E-state index >= 15 is 0 Å². The fourth-order valence-electron chi connectivity index (χ4n) is 1.84. The Morgan fingerprint density at radius 2 is 1.76 bits per heavy atom. The number of amides is 2. The van der Waals surface area contributed by atoms with E-state index in [-0.39, 0.29) is 17.5 Å². The number of nitrogens with one attached hydrogen (secondary N) is 1. The second-order valence-corrected chi connectivity index (χ2v) is 4.94. The van der Waals surface area contributed by atoms with Gasteiger partial charge < -0.3 is 15.1 Å². The Hall–Kier alpha value is -1.95. The van der Waals surface area contributed by atoms with Crippen LogP contribution in [0, 0.1) is 0 Å². The number of aromatic nitrogens is 1. The van der Waals surface area contributed by atoms with Crippen molar-refractivity contribution in [1.82, 2.24) is 20.1 Å². The topological polar surface area (TPSA) is 65.5 Å². The summed E-state index contributed by atoms with van der Waals surface area (Å²) in [6.45, 7) is 6.37. The minimum Gasteiger partial charge on any atom is -0.349 e. The smallest absolute Gasteiger partial charge is 0.272 e. The molecule has 1 aromatic rings. The quantitative estimate of drug-likeness (QED) is 0.809. The fraction of sp³-hybridized carbons (Fsp3) is 0.533. The molecule has 116 valence electrons. The highest BCUT2D eigenvalue weighted by molar-refractivity contribution is 5.96. The van der Waals surface area contributed by atoms with Gasteiger partial charge in [0.2, 0.25) is 0 Å². The maximum atomic E-state index is 12.2. The van der Waals surface area contributed by atoms with E-state index in [0.717, 1.165) is 6.54 Å². The Balaban J connectivity index is 2.76. The number of hydrogen-bond acceptors (Lipinski definition) is 4. The predicted molar refractivity (Wildman–Crippen MR) is 82.4 cm³/mol. The molecule has 2 amide bonds. The molecule has 1 rings (SSSR count). The molecule has 0 aliphatic carbocycles. The molecule has 21 heavy (non-hydrogen) atoms. The van der Waals surface area contributed by atoms with Crippen LogP contribution in [0.3, 0.4) is 0 Å². The van der Waals surface area contributed by atoms with Gasteiger partial charge in [0, 0.05) is 26.2 Å². The number of carbonyl (C=O) groups excluding carboxylic acids is 2. The average molecular weight is 292 g/mol. The summed E-state index contributed by atoms with van der Waals surface area (Å²) < 4.78 is 0. The molecule has 1 aromatic heterocycles. The van der Waals surface area contributed by atoms with Crippen LogP contribution >= 0.6 is 0 Å². The maximum absolute atomic E-state index is 12.2. The van der Waals surface area contributed by atoms with Crippen molar-refractivity contribution in [2.24, 2.45) is 0 Å². The monoisotopic (exact) mass is 292 g/mol. The lowest BCUT2D eigenvalue weighted by atomic mass is 10.2. The van der Waals surface area contributed by atoms with Crippen molar-refractivity contribution >= 4 is 11.8 Å². The third-order valence-corrected chi connectivity index (χ3v) is 3.10. The van der Waals surface area contributed by atoms with Crippen molar-refractivity contribution in [3.8, 4) is 0 Å². The van der Waals surface area contributed by atoms with Crippen LogP contribution in [-0.4, -0.2) is 66.9 Å². The number of carbonyl (C=O) groups is 2. The summed E-state index contributed by atoms with van der Waals surface area (Å²) in [7, 11) is 3.88. The van der Waals surface area contributed by atoms with E-state index in [4.69, 9.17) is 0 Å². The maximum Gasteiger partial charge on any atom is 0.272 e. The molecule has 0 aliphatic rings. The van der Waals surface area contributed by atoms with Gasteiger partial charge in [-0.2, -0.15) is 0 Å². The summed E-state index contributed by atoms with van der Waals surface area (Å²) in [5, 5.41) is 2.79. The van der Waals surface area contributed by atoms with Crippen LogP contribution in [0.5, 0.6) is 0 Å². The first-order chi connectivity index (χ1) is 9.99. The lowest BCUT2D eigenvalue weighted by Gasteiger charge is -2.18. The number of hydrogen-bond donors (Lipinski definition) is 1. The summed E-state index contributed by atoms with van der Waals surface area (Å²) in [5.41, 5.74) is 0.575. The van der Waals surface area contributed by atoms with Crippen molar-refractivity contribution in [2.75, 3.05) is 40.3 Å². The van der Waals surface area contributed by atoms with E-state index < -0.39 is 0 Å². The van der Waals surface area contributed by atoms with Crippen molar-refractivity contribution in [1.29, 1.82) is 0 Å². The minimum absolute atomic E-state index is 0.150. The molecule has 1 heterocycles. The zero-order chi connectivity index (χ0) is 15.8. The average Bonchev–Trinajstić information content (AvgIpc) is 2.48. The molecule has 0 spiro atoms. The highest BCUT2D eigenvalue weighted by atomic mass is 16.2. The van der Waals surface area contributed by atoms with Gasteiger partial charge in [-0.1, -0.05) is 6.07 Å². The van der Waals surface area contributed by atoms with E-state index in [1.54, 1.807) is 23.1 Å². The number of nitrogens with zero attached hydrogens (tertiary/aromatic N) is 3. The molecule has 0 saturated heterocycles. The molecule has 0 aliphatic heterocycles. The van der Waals surface area contributed by atoms with Crippen LogP contribution in [-0.2, 0) is 0 Å². The molecular weight excluding hydrogens is 268 g/mol. The number of rotatable bonds is 7. The van der Waals surface area contributed by atoms with Crippen LogP contribution < -0.4 is 5.32 Å². The lowest BCUT2D eigenvalue weighted by Crippen LogP contribution is -2.33.